The van der Waals surface area contributed by atoms with Crippen molar-refractivity contribution in [2.45, 2.75) is 26.4 Å². The SMILES string of the molecule is COc1ccc(Cn2nc(-c3cc(Cl)ncn3)c3c(NC(C)C)nccc32)cc1. The molecule has 7 nitrogen and oxygen atoms in total. The summed E-state index contributed by atoms with van der Waals surface area (Å²) in [6.07, 6.45) is 3.23. The van der Waals surface area contributed by atoms with Crippen LogP contribution >= 0.6 is 11.6 Å². The quantitative estimate of drug-likeness (QED) is 0.476. The first-order chi connectivity index (χ1) is 14.0. The lowest BCUT2D eigenvalue weighted by Crippen LogP contribution is -2.11. The van der Waals surface area contributed by atoms with E-state index in [1.165, 1.54) is 6.33 Å². The molecule has 29 heavy (non-hydrogen) atoms. The van der Waals surface area contributed by atoms with Crippen LogP contribution in [0.5, 0.6) is 5.75 Å². The Kier molecular flexibility index (Phi) is 5.31. The zero-order chi connectivity index (χ0) is 20.4. The van der Waals surface area contributed by atoms with Gasteiger partial charge in [0.2, 0.25) is 0 Å². The lowest BCUT2D eigenvalue weighted by atomic mass is 10.1. The number of hydrogen-bond acceptors (Lipinski definition) is 6. The molecule has 0 amide bonds. The molecule has 3 heterocycles. The fraction of sp³-hybridized carbons (Fsp3) is 0.238. The van der Waals surface area contributed by atoms with Gasteiger partial charge in [-0.1, -0.05) is 23.7 Å². The number of fused-ring (bicyclic) bond motifs is 1. The number of hydrogen-bond donors (Lipinski definition) is 1. The van der Waals surface area contributed by atoms with Crippen LogP contribution in [0.15, 0.2) is 48.9 Å². The summed E-state index contributed by atoms with van der Waals surface area (Å²) in [4.78, 5) is 12.9. The second-order valence-electron chi connectivity index (χ2n) is 6.93. The minimum atomic E-state index is 0.222. The molecule has 0 saturated carbocycles. The Bertz CT molecular complexity index is 1140. The minimum absolute atomic E-state index is 0.222. The Morgan fingerprint density at radius 2 is 1.90 bits per heavy atom. The molecule has 0 atom stereocenters. The maximum atomic E-state index is 6.11. The average molecular weight is 409 g/mol. The zero-order valence-corrected chi connectivity index (χ0v) is 17.2. The first-order valence-electron chi connectivity index (χ1n) is 9.28. The number of halogens is 1. The molecule has 0 unspecified atom stereocenters. The molecule has 0 aliphatic rings. The highest BCUT2D eigenvalue weighted by atomic mass is 35.5. The fourth-order valence-electron chi connectivity index (χ4n) is 3.17. The van der Waals surface area contributed by atoms with Crippen molar-refractivity contribution in [3.63, 3.8) is 0 Å². The number of ether oxygens (including phenoxy) is 1. The summed E-state index contributed by atoms with van der Waals surface area (Å²) in [7, 11) is 1.66. The molecule has 0 aliphatic heterocycles. The van der Waals surface area contributed by atoms with Gasteiger partial charge in [-0.2, -0.15) is 5.10 Å². The molecular weight excluding hydrogens is 388 g/mol. The van der Waals surface area contributed by atoms with Gasteiger partial charge in [-0.15, -0.1) is 0 Å². The van der Waals surface area contributed by atoms with Gasteiger partial charge in [0.15, 0.2) is 0 Å². The summed E-state index contributed by atoms with van der Waals surface area (Å²) in [6, 6.07) is 11.8. The van der Waals surface area contributed by atoms with Crippen LogP contribution < -0.4 is 10.1 Å². The van der Waals surface area contributed by atoms with Gasteiger partial charge in [0.1, 0.15) is 28.7 Å². The monoisotopic (exact) mass is 408 g/mol. The predicted molar refractivity (Wildman–Crippen MR) is 114 cm³/mol. The summed E-state index contributed by atoms with van der Waals surface area (Å²) in [5.74, 6) is 1.59. The number of nitrogens with one attached hydrogen (secondary N) is 1. The number of pyridine rings is 1. The van der Waals surface area contributed by atoms with Crippen molar-refractivity contribution in [3.05, 3.63) is 59.6 Å². The molecule has 8 heteroatoms. The molecule has 0 bridgehead atoms. The van der Waals surface area contributed by atoms with Gasteiger partial charge in [-0.05, 0) is 37.6 Å². The molecule has 148 valence electrons. The first-order valence-corrected chi connectivity index (χ1v) is 9.66. The van der Waals surface area contributed by atoms with Crippen molar-refractivity contribution in [2.75, 3.05) is 12.4 Å². The van der Waals surface area contributed by atoms with Crippen LogP contribution in [0.25, 0.3) is 22.3 Å². The van der Waals surface area contributed by atoms with E-state index in [1.54, 1.807) is 19.4 Å². The minimum Gasteiger partial charge on any atom is -0.497 e. The van der Waals surface area contributed by atoms with Crippen molar-refractivity contribution in [2.24, 2.45) is 0 Å². The summed E-state index contributed by atoms with van der Waals surface area (Å²) in [6.45, 7) is 4.75. The van der Waals surface area contributed by atoms with Gasteiger partial charge in [-0.25, -0.2) is 15.0 Å². The van der Waals surface area contributed by atoms with Gasteiger partial charge in [0.25, 0.3) is 0 Å². The van der Waals surface area contributed by atoms with Gasteiger partial charge < -0.3 is 10.1 Å². The second-order valence-corrected chi connectivity index (χ2v) is 7.32. The third kappa shape index (κ3) is 4.00. The van der Waals surface area contributed by atoms with Crippen LogP contribution in [-0.2, 0) is 6.54 Å². The molecule has 1 aromatic carbocycles. The van der Waals surface area contributed by atoms with E-state index in [0.29, 0.717) is 23.1 Å². The molecule has 4 aromatic rings. The van der Waals surface area contributed by atoms with E-state index >= 15 is 0 Å². The van der Waals surface area contributed by atoms with Crippen LogP contribution in [-0.4, -0.2) is 37.9 Å². The molecule has 0 saturated heterocycles. The number of methoxy groups -OCH3 is 1. The Hall–Kier alpha value is -3.19. The molecule has 4 rings (SSSR count). The fourth-order valence-corrected chi connectivity index (χ4v) is 3.32. The summed E-state index contributed by atoms with van der Waals surface area (Å²) in [5, 5.41) is 9.55. The lowest BCUT2D eigenvalue weighted by molar-refractivity contribution is 0.414. The first kappa shape index (κ1) is 19.1. The van der Waals surface area contributed by atoms with E-state index in [9.17, 15) is 0 Å². The van der Waals surface area contributed by atoms with E-state index in [0.717, 1.165) is 28.0 Å². The number of nitrogens with zero attached hydrogens (tertiary/aromatic N) is 5. The number of rotatable bonds is 6. The predicted octanol–water partition coefficient (Wildman–Crippen LogP) is 4.42. The van der Waals surface area contributed by atoms with Crippen molar-refractivity contribution >= 4 is 28.3 Å². The summed E-state index contributed by atoms with van der Waals surface area (Å²) < 4.78 is 7.20. The van der Waals surface area contributed by atoms with Crippen molar-refractivity contribution in [1.29, 1.82) is 0 Å². The topological polar surface area (TPSA) is 77.8 Å². The Morgan fingerprint density at radius 1 is 1.10 bits per heavy atom. The maximum absolute atomic E-state index is 6.11. The highest BCUT2D eigenvalue weighted by molar-refractivity contribution is 6.29. The molecule has 0 spiro atoms. The largest absolute Gasteiger partial charge is 0.497 e. The third-order valence-corrected chi connectivity index (χ3v) is 4.66. The second kappa shape index (κ2) is 8.05. The van der Waals surface area contributed by atoms with Gasteiger partial charge in [0.05, 0.1) is 30.3 Å². The maximum Gasteiger partial charge on any atom is 0.137 e. The highest BCUT2D eigenvalue weighted by Crippen LogP contribution is 2.32. The molecule has 0 aliphatic carbocycles. The van der Waals surface area contributed by atoms with Crippen molar-refractivity contribution in [3.8, 4) is 17.1 Å². The third-order valence-electron chi connectivity index (χ3n) is 4.46. The summed E-state index contributed by atoms with van der Waals surface area (Å²) in [5.41, 5.74) is 3.44. The van der Waals surface area contributed by atoms with Crippen LogP contribution in [0.3, 0.4) is 0 Å². The Balaban J connectivity index is 1.86. The zero-order valence-electron chi connectivity index (χ0n) is 16.4. The molecule has 0 radical (unpaired) electrons. The van der Waals surface area contributed by atoms with Crippen LogP contribution in [0, 0.1) is 0 Å². The van der Waals surface area contributed by atoms with Gasteiger partial charge >= 0.3 is 0 Å². The summed E-state index contributed by atoms with van der Waals surface area (Å²) >= 11 is 6.11. The normalized spacial score (nSPS) is 11.2. The van der Waals surface area contributed by atoms with Crippen molar-refractivity contribution < 1.29 is 4.74 Å². The van der Waals surface area contributed by atoms with Crippen LogP contribution in [0.4, 0.5) is 5.82 Å². The van der Waals surface area contributed by atoms with E-state index in [1.807, 2.05) is 35.0 Å². The lowest BCUT2D eigenvalue weighted by Gasteiger charge is -2.11. The molecular formula is C21H21ClN6O. The van der Waals surface area contributed by atoms with Crippen LogP contribution in [0.2, 0.25) is 5.15 Å². The number of aromatic nitrogens is 5. The molecule has 0 fully saturated rings. The van der Waals surface area contributed by atoms with Gasteiger partial charge in [-0.3, -0.25) is 4.68 Å². The van der Waals surface area contributed by atoms with E-state index in [2.05, 4.69) is 34.1 Å². The smallest absolute Gasteiger partial charge is 0.137 e. The average Bonchev–Trinajstić information content (AvgIpc) is 3.08. The number of anilines is 1. The Labute approximate surface area is 173 Å². The molecule has 3 aromatic heterocycles. The molecule has 1 N–H and O–H groups in total. The van der Waals surface area contributed by atoms with Gasteiger partial charge in [0, 0.05) is 18.3 Å². The standard InChI is InChI=1S/C21H21ClN6O/c1-13(2)26-21-19-17(8-9-23-21)28(11-14-4-6-15(29-3)7-5-14)27-20(19)16-10-18(22)25-12-24-16/h4-10,12-13H,11H2,1-3H3,(H,23,26). The van der Waals surface area contributed by atoms with E-state index < -0.39 is 0 Å². The Morgan fingerprint density at radius 3 is 2.59 bits per heavy atom. The van der Waals surface area contributed by atoms with Crippen LogP contribution in [0.1, 0.15) is 19.4 Å². The van der Waals surface area contributed by atoms with E-state index in [4.69, 9.17) is 21.4 Å². The van der Waals surface area contributed by atoms with Crippen molar-refractivity contribution in [1.82, 2.24) is 24.7 Å². The van der Waals surface area contributed by atoms with E-state index in [-0.39, 0.29) is 6.04 Å². The number of benzene rings is 1. The highest BCUT2D eigenvalue weighted by Gasteiger charge is 2.19.